The van der Waals surface area contributed by atoms with Crippen molar-refractivity contribution in [2.75, 3.05) is 0 Å². The summed E-state index contributed by atoms with van der Waals surface area (Å²) in [4.78, 5) is 45.4. The minimum Gasteiger partial charge on any atom is -0.477 e. The summed E-state index contributed by atoms with van der Waals surface area (Å²) in [7, 11) is 0. The summed E-state index contributed by atoms with van der Waals surface area (Å²) >= 11 is 0. The van der Waals surface area contributed by atoms with Crippen molar-refractivity contribution < 1.29 is 19.7 Å². The number of nitrogens with zero attached hydrogens (tertiary/aromatic N) is 4. The Hall–Kier alpha value is -5.91. The van der Waals surface area contributed by atoms with Crippen molar-refractivity contribution in [3.8, 4) is 0 Å². The molecule has 0 saturated heterocycles. The molecule has 0 spiro atoms. The highest BCUT2D eigenvalue weighted by atomic mass is 16.6. The highest BCUT2D eigenvalue weighted by Gasteiger charge is 2.31. The van der Waals surface area contributed by atoms with Gasteiger partial charge in [-0.2, -0.15) is 0 Å². The molecule has 1 aromatic carbocycles. The van der Waals surface area contributed by atoms with Gasteiger partial charge in [0.2, 0.25) is 0 Å². The average molecular weight is 522 g/mol. The van der Waals surface area contributed by atoms with Crippen LogP contribution in [0, 0.1) is 20.2 Å². The smallest absolute Gasteiger partial charge is 0.360 e. The number of aromatic carboxylic acids is 1. The number of rotatable bonds is 3. The van der Waals surface area contributed by atoms with Crippen molar-refractivity contribution in [3.63, 3.8) is 0 Å². The van der Waals surface area contributed by atoms with Crippen molar-refractivity contribution in [1.29, 1.82) is 0 Å². The van der Waals surface area contributed by atoms with Gasteiger partial charge in [-0.3, -0.25) is 20.2 Å². The largest absolute Gasteiger partial charge is 0.477 e. The van der Waals surface area contributed by atoms with E-state index in [1.165, 1.54) is 0 Å². The highest BCUT2D eigenvalue weighted by molar-refractivity contribution is 5.94. The minimum absolute atomic E-state index is 0.700. The highest BCUT2D eigenvalue weighted by Crippen LogP contribution is 2.30. The standard InChI is InChI=1S/C20H14N4.C7H4N2O6/c1-2-14-10-16-5-6-18(23-16)12-20-8-7-19(24-20)11-17-4-3-15(22-17)9-13(1)21-14;10-7(11)4-2-1-3-5(8(12)13)6(4)9(14)15/h1-12,21-22H;1-3H,(H,10,11). The summed E-state index contributed by atoms with van der Waals surface area (Å²) in [6.07, 6.45) is 8.05. The Morgan fingerprint density at radius 1 is 0.667 bits per heavy atom. The summed E-state index contributed by atoms with van der Waals surface area (Å²) < 4.78 is 0. The lowest BCUT2D eigenvalue weighted by Gasteiger charge is -1.97. The average Bonchev–Trinajstić information content (AvgIpc) is 3.70. The number of H-pyrrole nitrogens is 2. The molecule has 6 rings (SSSR count). The van der Waals surface area contributed by atoms with Crippen molar-refractivity contribution in [2.24, 2.45) is 0 Å². The van der Waals surface area contributed by atoms with Gasteiger partial charge in [-0.05, 0) is 78.9 Å². The number of nitro groups is 2. The number of fused-ring (bicyclic) bond motifs is 8. The first-order valence-electron chi connectivity index (χ1n) is 11.4. The number of carboxylic acids is 1. The molecule has 0 amide bonds. The fourth-order valence-electron chi connectivity index (χ4n) is 3.99. The number of nitro benzene ring substituents is 2. The van der Waals surface area contributed by atoms with Gasteiger partial charge in [-0.1, -0.05) is 6.07 Å². The molecule has 0 unspecified atom stereocenters. The molecular weight excluding hydrogens is 504 g/mol. The van der Waals surface area contributed by atoms with Crippen LogP contribution in [0.4, 0.5) is 11.4 Å². The van der Waals surface area contributed by atoms with Crippen LogP contribution in [0.5, 0.6) is 0 Å². The number of aromatic amines is 2. The van der Waals surface area contributed by atoms with Crippen LogP contribution in [-0.2, 0) is 0 Å². The minimum atomic E-state index is -1.58. The molecule has 0 radical (unpaired) electrons. The Kier molecular flexibility index (Phi) is 6.49. The van der Waals surface area contributed by atoms with Gasteiger partial charge in [0, 0.05) is 28.1 Å². The van der Waals surface area contributed by atoms with Crippen LogP contribution in [0.3, 0.4) is 0 Å². The molecule has 0 atom stereocenters. The Bertz CT molecular complexity index is 1750. The van der Waals surface area contributed by atoms with Crippen LogP contribution >= 0.6 is 0 Å². The topological polar surface area (TPSA) is 181 Å². The van der Waals surface area contributed by atoms with Crippen molar-refractivity contribution in [1.82, 2.24) is 19.9 Å². The second-order valence-electron chi connectivity index (χ2n) is 8.40. The third-order valence-electron chi connectivity index (χ3n) is 5.67. The van der Waals surface area contributed by atoms with Gasteiger partial charge in [0.1, 0.15) is 5.56 Å². The molecule has 12 heteroatoms. The van der Waals surface area contributed by atoms with E-state index in [-0.39, 0.29) is 0 Å². The van der Waals surface area contributed by atoms with E-state index in [0.717, 1.165) is 63.0 Å². The van der Waals surface area contributed by atoms with E-state index < -0.39 is 32.8 Å². The normalized spacial score (nSPS) is 11.5. The maximum atomic E-state index is 10.6. The van der Waals surface area contributed by atoms with Crippen LogP contribution in [0.25, 0.3) is 46.4 Å². The molecule has 12 nitrogen and oxygen atoms in total. The van der Waals surface area contributed by atoms with Crippen LogP contribution in [0.2, 0.25) is 0 Å². The molecule has 2 aliphatic heterocycles. The Balaban J connectivity index is 0.000000179. The number of nitrogens with one attached hydrogen (secondary N) is 2. The number of hydrogen-bond acceptors (Lipinski definition) is 7. The van der Waals surface area contributed by atoms with Gasteiger partial charge in [0.25, 0.3) is 0 Å². The SMILES string of the molecule is C1=Cc2cc3ccc(cc4ccc(cc5nc(cc1n2)C=C5)[nH]4)[nH]3.O=C(O)c1cccc([N+](=O)[O-])c1[N+](=O)[O-]. The maximum absolute atomic E-state index is 10.6. The zero-order valence-electron chi connectivity index (χ0n) is 19.9. The zero-order chi connectivity index (χ0) is 27.5. The first-order valence-corrected chi connectivity index (χ1v) is 11.4. The lowest BCUT2D eigenvalue weighted by atomic mass is 10.1. The van der Waals surface area contributed by atoms with Crippen LogP contribution in [-0.4, -0.2) is 40.9 Å². The van der Waals surface area contributed by atoms with Crippen molar-refractivity contribution in [2.45, 2.75) is 0 Å². The van der Waals surface area contributed by atoms with E-state index in [1.807, 2.05) is 42.5 Å². The monoisotopic (exact) mass is 522 g/mol. The van der Waals surface area contributed by atoms with E-state index in [0.29, 0.717) is 0 Å². The lowest BCUT2D eigenvalue weighted by molar-refractivity contribution is -0.422. The van der Waals surface area contributed by atoms with Gasteiger partial charge in [0.15, 0.2) is 0 Å². The molecule has 192 valence electrons. The number of para-hydroxylation sites is 1. The lowest BCUT2D eigenvalue weighted by Crippen LogP contribution is -2.05. The van der Waals surface area contributed by atoms with E-state index in [4.69, 9.17) is 5.11 Å². The molecule has 0 aliphatic carbocycles. The summed E-state index contributed by atoms with van der Waals surface area (Å²) in [5.41, 5.74) is 5.32. The second kappa shape index (κ2) is 10.2. The number of benzene rings is 1. The van der Waals surface area contributed by atoms with Gasteiger partial charge >= 0.3 is 17.3 Å². The summed E-state index contributed by atoms with van der Waals surface area (Å²) in [6, 6.07) is 19.3. The van der Waals surface area contributed by atoms with E-state index >= 15 is 0 Å². The maximum Gasteiger partial charge on any atom is 0.360 e. The van der Waals surface area contributed by atoms with Crippen LogP contribution < -0.4 is 0 Å². The fraction of sp³-hybridized carbons (Fsp3) is 0. The number of carboxylic acid groups (broad SMARTS) is 1. The molecule has 0 fully saturated rings. The molecule has 8 bridgehead atoms. The van der Waals surface area contributed by atoms with Crippen LogP contribution in [0.1, 0.15) is 33.1 Å². The number of carbonyl (C=O) groups is 1. The van der Waals surface area contributed by atoms with Crippen molar-refractivity contribution >= 4 is 63.7 Å². The molecule has 3 aromatic heterocycles. The van der Waals surface area contributed by atoms with Gasteiger partial charge in [0.05, 0.1) is 32.6 Å². The van der Waals surface area contributed by atoms with Gasteiger partial charge < -0.3 is 15.1 Å². The first-order chi connectivity index (χ1) is 18.7. The summed E-state index contributed by atoms with van der Waals surface area (Å²) in [5.74, 6) is -1.58. The van der Waals surface area contributed by atoms with E-state index in [9.17, 15) is 25.0 Å². The molecular formula is C27H18N6O6. The Labute approximate surface area is 218 Å². The summed E-state index contributed by atoms with van der Waals surface area (Å²) in [6.45, 7) is 0. The zero-order valence-corrected chi connectivity index (χ0v) is 19.9. The predicted molar refractivity (Wildman–Crippen MR) is 146 cm³/mol. The van der Waals surface area contributed by atoms with Gasteiger partial charge in [-0.25, -0.2) is 14.8 Å². The van der Waals surface area contributed by atoms with Gasteiger partial charge in [-0.15, -0.1) is 0 Å². The molecule has 4 aromatic rings. The third kappa shape index (κ3) is 5.59. The quantitative estimate of drug-likeness (QED) is 0.191. The molecule has 0 saturated carbocycles. The Morgan fingerprint density at radius 2 is 1.13 bits per heavy atom. The number of aromatic nitrogens is 4. The second-order valence-corrected chi connectivity index (χ2v) is 8.40. The third-order valence-corrected chi connectivity index (χ3v) is 5.67. The Morgan fingerprint density at radius 3 is 1.56 bits per heavy atom. The van der Waals surface area contributed by atoms with E-state index in [1.54, 1.807) is 0 Å². The van der Waals surface area contributed by atoms with Crippen molar-refractivity contribution in [3.05, 3.63) is 115 Å². The first kappa shape index (κ1) is 24.8. The molecule has 2 aliphatic rings. The van der Waals surface area contributed by atoms with Crippen LogP contribution in [0.15, 0.2) is 66.7 Å². The molecule has 5 heterocycles. The predicted octanol–water partition coefficient (Wildman–Crippen LogP) is 5.86. The molecule has 3 N–H and O–H groups in total. The fourth-order valence-corrected chi connectivity index (χ4v) is 3.99. The molecule has 39 heavy (non-hydrogen) atoms. The summed E-state index contributed by atoms with van der Waals surface area (Å²) in [5, 5.41) is 29.5. The van der Waals surface area contributed by atoms with E-state index in [2.05, 4.69) is 50.3 Å². The number of hydrogen-bond donors (Lipinski definition) is 3.